The Morgan fingerprint density at radius 1 is 1.08 bits per heavy atom. The van der Waals surface area contributed by atoms with Crippen LogP contribution in [0.3, 0.4) is 0 Å². The number of unbranched alkanes of at least 4 members (excludes halogenated alkanes) is 1. The van der Waals surface area contributed by atoms with Gasteiger partial charge in [-0.3, -0.25) is 9.59 Å². The minimum Gasteiger partial charge on any atom is -0.444 e. The van der Waals surface area contributed by atoms with E-state index in [1.54, 1.807) is 26.8 Å². The van der Waals surface area contributed by atoms with Crippen molar-refractivity contribution in [1.82, 2.24) is 25.8 Å². The standard InChI is InChI=1S/C26H38N8O4/c1-26(2,3)38-25(37)30-16-19-9-7-8-18(14-19)15-23(35)31-22-12-11-20(32-33-22)10-5-6-13-34(28)17-21(27)24(36)29-4/h7-9,11-12,14,17H,5-6,10,13,15-16,27-28H2,1-4H3,(H,29,36)(H,30,37)(H,31,33,35)/b21-17-. The molecule has 0 unspecified atom stereocenters. The van der Waals surface area contributed by atoms with E-state index < -0.39 is 11.7 Å². The van der Waals surface area contributed by atoms with E-state index in [4.69, 9.17) is 16.3 Å². The van der Waals surface area contributed by atoms with Crippen LogP contribution in [-0.4, -0.2) is 52.3 Å². The number of carbonyl (C=O) groups excluding carboxylic acids is 3. The Bertz CT molecular complexity index is 1110. The van der Waals surface area contributed by atoms with Gasteiger partial charge in [-0.05, 0) is 63.3 Å². The predicted molar refractivity (Wildman–Crippen MR) is 144 cm³/mol. The molecule has 0 spiro atoms. The van der Waals surface area contributed by atoms with E-state index in [9.17, 15) is 14.4 Å². The lowest BCUT2D eigenvalue weighted by Gasteiger charge is -2.19. The molecule has 0 aliphatic rings. The van der Waals surface area contributed by atoms with Gasteiger partial charge >= 0.3 is 6.09 Å². The van der Waals surface area contributed by atoms with Crippen molar-refractivity contribution >= 4 is 23.7 Å². The van der Waals surface area contributed by atoms with Crippen LogP contribution in [0.1, 0.15) is 50.4 Å². The summed E-state index contributed by atoms with van der Waals surface area (Å²) in [6, 6.07) is 10.9. The average molecular weight is 527 g/mol. The van der Waals surface area contributed by atoms with E-state index in [-0.39, 0.29) is 23.9 Å². The molecule has 12 heteroatoms. The number of alkyl carbamates (subject to hydrolysis) is 1. The molecule has 2 aromatic rings. The Morgan fingerprint density at radius 2 is 1.82 bits per heavy atom. The van der Waals surface area contributed by atoms with E-state index in [2.05, 4.69) is 26.1 Å². The summed E-state index contributed by atoms with van der Waals surface area (Å²) < 4.78 is 5.24. The molecular formula is C26H38N8O4. The van der Waals surface area contributed by atoms with Crippen molar-refractivity contribution in [3.05, 3.63) is 65.1 Å². The van der Waals surface area contributed by atoms with Crippen LogP contribution in [0.5, 0.6) is 0 Å². The predicted octanol–water partition coefficient (Wildman–Crippen LogP) is 1.73. The second-order valence-electron chi connectivity index (χ2n) is 9.67. The fourth-order valence-corrected chi connectivity index (χ4v) is 3.32. The zero-order valence-electron chi connectivity index (χ0n) is 22.4. The normalized spacial score (nSPS) is 11.4. The molecule has 0 radical (unpaired) electrons. The lowest BCUT2D eigenvalue weighted by atomic mass is 10.1. The number of hydrazine groups is 1. The molecule has 1 heterocycles. The lowest BCUT2D eigenvalue weighted by molar-refractivity contribution is -0.117. The van der Waals surface area contributed by atoms with Crippen LogP contribution >= 0.6 is 0 Å². The van der Waals surface area contributed by atoms with Gasteiger partial charge in [0.2, 0.25) is 5.91 Å². The third-order valence-electron chi connectivity index (χ3n) is 5.07. The van der Waals surface area contributed by atoms with Crippen molar-refractivity contribution in [2.45, 2.75) is 58.6 Å². The maximum Gasteiger partial charge on any atom is 0.407 e. The molecule has 1 aromatic heterocycles. The average Bonchev–Trinajstić information content (AvgIpc) is 2.85. The van der Waals surface area contributed by atoms with Crippen molar-refractivity contribution in [1.29, 1.82) is 0 Å². The molecule has 206 valence electrons. The Kier molecular flexibility index (Phi) is 11.5. The van der Waals surface area contributed by atoms with Gasteiger partial charge in [0.1, 0.15) is 11.3 Å². The number of nitrogens with two attached hydrogens (primary N) is 2. The second kappa shape index (κ2) is 14.5. The molecule has 0 saturated heterocycles. The monoisotopic (exact) mass is 526 g/mol. The zero-order chi connectivity index (χ0) is 28.1. The zero-order valence-corrected chi connectivity index (χ0v) is 22.4. The minimum atomic E-state index is -0.569. The second-order valence-corrected chi connectivity index (χ2v) is 9.67. The number of anilines is 1. The third kappa shape index (κ3) is 11.7. The molecule has 0 atom stereocenters. The summed E-state index contributed by atoms with van der Waals surface area (Å²) in [7, 11) is 1.50. The molecule has 0 aliphatic heterocycles. The molecule has 12 nitrogen and oxygen atoms in total. The highest BCUT2D eigenvalue weighted by molar-refractivity contribution is 5.92. The van der Waals surface area contributed by atoms with E-state index in [0.29, 0.717) is 25.3 Å². The van der Waals surface area contributed by atoms with Crippen LogP contribution in [0.2, 0.25) is 0 Å². The number of hydrogen-bond acceptors (Lipinski definition) is 9. The number of nitrogens with one attached hydrogen (secondary N) is 3. The summed E-state index contributed by atoms with van der Waals surface area (Å²) in [5.41, 5.74) is 7.54. The molecule has 0 saturated carbocycles. The van der Waals surface area contributed by atoms with Crippen molar-refractivity contribution in [2.24, 2.45) is 11.6 Å². The number of carbonyl (C=O) groups is 3. The smallest absolute Gasteiger partial charge is 0.407 e. The van der Waals surface area contributed by atoms with Crippen molar-refractivity contribution in [3.63, 3.8) is 0 Å². The number of aromatic nitrogens is 2. The number of benzene rings is 1. The number of hydrogen-bond donors (Lipinski definition) is 5. The number of nitrogens with zero attached hydrogens (tertiary/aromatic N) is 3. The molecule has 2 rings (SSSR count). The Morgan fingerprint density at radius 3 is 2.47 bits per heavy atom. The first kappa shape index (κ1) is 30.0. The van der Waals surface area contributed by atoms with Gasteiger partial charge in [0.05, 0.1) is 12.1 Å². The maximum atomic E-state index is 12.5. The van der Waals surface area contributed by atoms with E-state index in [0.717, 1.165) is 29.7 Å². The van der Waals surface area contributed by atoms with E-state index in [1.165, 1.54) is 18.3 Å². The van der Waals surface area contributed by atoms with Gasteiger partial charge in [-0.25, -0.2) is 10.6 Å². The van der Waals surface area contributed by atoms with Gasteiger partial charge in [-0.2, -0.15) is 5.10 Å². The van der Waals surface area contributed by atoms with Gasteiger partial charge in [-0.15, -0.1) is 5.10 Å². The molecule has 3 amide bonds. The first-order valence-corrected chi connectivity index (χ1v) is 12.3. The van der Waals surface area contributed by atoms with Crippen LogP contribution in [0.25, 0.3) is 0 Å². The molecule has 0 fully saturated rings. The summed E-state index contributed by atoms with van der Waals surface area (Å²) in [6.45, 7) is 6.22. The largest absolute Gasteiger partial charge is 0.444 e. The number of rotatable bonds is 12. The highest BCUT2D eigenvalue weighted by Gasteiger charge is 2.16. The van der Waals surface area contributed by atoms with E-state index >= 15 is 0 Å². The number of aryl methyl sites for hydroxylation is 1. The summed E-state index contributed by atoms with van der Waals surface area (Å²) in [6.07, 6.45) is 3.31. The Hall–Kier alpha value is -4.19. The molecule has 38 heavy (non-hydrogen) atoms. The van der Waals surface area contributed by atoms with Crippen molar-refractivity contribution in [3.8, 4) is 0 Å². The number of likely N-dealkylation sites (N-methyl/N-ethyl adjacent to an activating group) is 1. The van der Waals surface area contributed by atoms with Crippen molar-refractivity contribution in [2.75, 3.05) is 18.9 Å². The number of ether oxygens (including phenoxy) is 1. The fraction of sp³-hybridized carbons (Fsp3) is 0.423. The quantitative estimate of drug-likeness (QED) is 0.119. The topological polar surface area (TPSA) is 178 Å². The Labute approximate surface area is 223 Å². The third-order valence-corrected chi connectivity index (χ3v) is 5.07. The summed E-state index contributed by atoms with van der Waals surface area (Å²) in [5.74, 6) is 5.58. The molecule has 7 N–H and O–H groups in total. The maximum absolute atomic E-state index is 12.5. The van der Waals surface area contributed by atoms with Crippen molar-refractivity contribution < 1.29 is 19.1 Å². The molecular weight excluding hydrogens is 488 g/mol. The molecule has 0 bridgehead atoms. The van der Waals surface area contributed by atoms with E-state index in [1.807, 2.05) is 30.3 Å². The van der Waals surface area contributed by atoms with Gasteiger partial charge < -0.3 is 31.4 Å². The van der Waals surface area contributed by atoms with Crippen LogP contribution in [0, 0.1) is 0 Å². The first-order valence-electron chi connectivity index (χ1n) is 12.3. The van der Waals surface area contributed by atoms with Gasteiger partial charge in [0.25, 0.3) is 5.91 Å². The highest BCUT2D eigenvalue weighted by Crippen LogP contribution is 2.11. The summed E-state index contributed by atoms with van der Waals surface area (Å²) in [4.78, 5) is 35.7. The van der Waals surface area contributed by atoms with Gasteiger partial charge in [0.15, 0.2) is 5.82 Å². The van der Waals surface area contributed by atoms with Gasteiger partial charge in [0, 0.05) is 26.3 Å². The van der Waals surface area contributed by atoms with Crippen LogP contribution in [0.4, 0.5) is 10.6 Å². The fourth-order valence-electron chi connectivity index (χ4n) is 3.32. The molecule has 0 aliphatic carbocycles. The summed E-state index contributed by atoms with van der Waals surface area (Å²) >= 11 is 0. The van der Waals surface area contributed by atoms with Gasteiger partial charge in [-0.1, -0.05) is 24.3 Å². The minimum absolute atomic E-state index is 0.0430. The van der Waals surface area contributed by atoms with Crippen LogP contribution in [-0.2, 0) is 33.7 Å². The highest BCUT2D eigenvalue weighted by atomic mass is 16.6. The summed E-state index contributed by atoms with van der Waals surface area (Å²) in [5, 5.41) is 17.5. The first-order chi connectivity index (χ1) is 17.9. The molecule has 1 aromatic carbocycles. The SMILES string of the molecule is CNC(=O)/C(N)=C/N(N)CCCCc1ccc(NC(=O)Cc2cccc(CNC(=O)OC(C)(C)C)c2)nn1. The number of amides is 3. The van der Waals surface area contributed by atoms with Crippen LogP contribution < -0.4 is 27.5 Å². The Balaban J connectivity index is 1.76. The van der Waals surface area contributed by atoms with Crippen LogP contribution in [0.15, 0.2) is 48.3 Å². The lowest BCUT2D eigenvalue weighted by Crippen LogP contribution is -2.32.